The van der Waals surface area contributed by atoms with Crippen LogP contribution in [0.5, 0.6) is 0 Å². The second-order valence-electron chi connectivity index (χ2n) is 16.8. The Balaban J connectivity index is 0.000000778. The number of hydrogen-bond acceptors (Lipinski definition) is 0. The number of rotatable bonds is 1. The Bertz CT molecular complexity index is 1260. The molecule has 2 heterocycles. The molecular weight excluding hydrogens is 605 g/mol. The average Bonchev–Trinajstić information content (AvgIpc) is 3.08. The highest BCUT2D eigenvalue weighted by atomic mass is 32.2. The molecule has 2 heteroatoms. The minimum atomic E-state index is 0.169. The van der Waals surface area contributed by atoms with Crippen LogP contribution < -0.4 is 0 Å². The maximum absolute atomic E-state index is 2.50. The van der Waals surface area contributed by atoms with Crippen LogP contribution in [0.2, 0.25) is 0 Å². The van der Waals surface area contributed by atoms with Crippen LogP contribution in [-0.4, -0.2) is 22.0 Å². The Labute approximate surface area is 303 Å². The van der Waals surface area contributed by atoms with Crippen LogP contribution in [0.25, 0.3) is 0 Å². The first-order chi connectivity index (χ1) is 21.3. The SMILES string of the molecule is CC.CC.CC.CCC1(C)c2ccccc2[S+](C)C(C)(C)C(C)(C)C1(C)C.C[S+]1c2ccccc2C(C)(C)C(C)(C)C(C)(C)C1(C)C. The first kappa shape index (κ1) is 46.1. The van der Waals surface area contributed by atoms with Gasteiger partial charge in [-0.05, 0) is 57.1 Å². The molecule has 0 radical (unpaired) electrons. The van der Waals surface area contributed by atoms with Gasteiger partial charge in [-0.1, -0.05) is 161 Å². The van der Waals surface area contributed by atoms with Gasteiger partial charge in [0.25, 0.3) is 0 Å². The molecule has 2 aromatic rings. The highest BCUT2D eigenvalue weighted by molar-refractivity contribution is 7.98. The molecule has 2 aliphatic rings. The predicted octanol–water partition coefficient (Wildman–Crippen LogP) is 14.3. The summed E-state index contributed by atoms with van der Waals surface area (Å²) in [7, 11) is 0.487. The lowest BCUT2D eigenvalue weighted by molar-refractivity contribution is -0.00319. The molecule has 47 heavy (non-hydrogen) atoms. The van der Waals surface area contributed by atoms with Crippen LogP contribution in [-0.2, 0) is 32.6 Å². The van der Waals surface area contributed by atoms with Gasteiger partial charge in [0.05, 0.1) is 0 Å². The molecule has 0 amide bonds. The van der Waals surface area contributed by atoms with Crippen molar-refractivity contribution in [3.63, 3.8) is 0 Å². The highest BCUT2D eigenvalue weighted by Crippen LogP contribution is 2.65. The average molecular weight is 687 g/mol. The first-order valence-electron chi connectivity index (χ1n) is 18.8. The van der Waals surface area contributed by atoms with E-state index in [9.17, 15) is 0 Å². The van der Waals surface area contributed by atoms with Gasteiger partial charge in [0.15, 0.2) is 9.79 Å². The fourth-order valence-corrected chi connectivity index (χ4v) is 13.0. The zero-order valence-electron chi connectivity index (χ0n) is 36.1. The van der Waals surface area contributed by atoms with Crippen molar-refractivity contribution in [3.05, 3.63) is 59.7 Å². The van der Waals surface area contributed by atoms with E-state index in [4.69, 9.17) is 0 Å². The Morgan fingerprint density at radius 1 is 0.426 bits per heavy atom. The third kappa shape index (κ3) is 6.93. The van der Waals surface area contributed by atoms with Crippen LogP contribution in [0, 0.1) is 21.7 Å². The lowest BCUT2D eigenvalue weighted by atomic mass is 9.48. The summed E-state index contributed by atoms with van der Waals surface area (Å²) in [5.41, 5.74) is 4.46. The summed E-state index contributed by atoms with van der Waals surface area (Å²) in [4.78, 5) is 3.16. The van der Waals surface area contributed by atoms with Crippen molar-refractivity contribution in [1.82, 2.24) is 0 Å². The Hall–Kier alpha value is -0.860. The lowest BCUT2D eigenvalue weighted by Gasteiger charge is -2.55. The topological polar surface area (TPSA) is 0 Å². The van der Waals surface area contributed by atoms with Gasteiger partial charge in [-0.25, -0.2) is 0 Å². The largest absolute Gasteiger partial charge is 0.158 e. The maximum atomic E-state index is 2.50. The van der Waals surface area contributed by atoms with Crippen LogP contribution in [0.4, 0.5) is 0 Å². The minimum absolute atomic E-state index is 0.169. The lowest BCUT2D eigenvalue weighted by Crippen LogP contribution is -2.57. The van der Waals surface area contributed by atoms with E-state index in [1.807, 2.05) is 41.5 Å². The van der Waals surface area contributed by atoms with Crippen molar-refractivity contribution in [3.8, 4) is 0 Å². The van der Waals surface area contributed by atoms with E-state index in [1.54, 1.807) is 20.9 Å². The van der Waals surface area contributed by atoms with Gasteiger partial charge in [0.1, 0.15) is 22.0 Å². The van der Waals surface area contributed by atoms with Gasteiger partial charge in [0, 0.05) is 54.6 Å². The fourth-order valence-electron chi connectivity index (χ4n) is 8.04. The molecule has 0 saturated heterocycles. The predicted molar refractivity (Wildman–Crippen MR) is 224 cm³/mol. The fraction of sp³-hybridized carbons (Fsp3) is 0.733. The van der Waals surface area contributed by atoms with Crippen molar-refractivity contribution >= 4 is 21.8 Å². The van der Waals surface area contributed by atoms with Gasteiger partial charge in [0.2, 0.25) is 0 Å². The van der Waals surface area contributed by atoms with Gasteiger partial charge in [-0.3, -0.25) is 0 Å². The summed E-state index contributed by atoms with van der Waals surface area (Å²) in [6, 6.07) is 18.4. The zero-order valence-corrected chi connectivity index (χ0v) is 37.8. The third-order valence-corrected chi connectivity index (χ3v) is 21.1. The van der Waals surface area contributed by atoms with Crippen molar-refractivity contribution in [1.29, 1.82) is 0 Å². The summed E-state index contributed by atoms with van der Waals surface area (Å²) in [5.74, 6) is 0. The normalized spacial score (nSPS) is 27.7. The first-order valence-corrected chi connectivity index (χ1v) is 22.1. The third-order valence-electron chi connectivity index (χ3n) is 15.0. The van der Waals surface area contributed by atoms with Crippen LogP contribution >= 0.6 is 0 Å². The van der Waals surface area contributed by atoms with Gasteiger partial charge in [-0.2, -0.15) is 0 Å². The monoisotopic (exact) mass is 687 g/mol. The molecule has 0 aliphatic carbocycles. The van der Waals surface area contributed by atoms with E-state index >= 15 is 0 Å². The molecule has 0 bridgehead atoms. The van der Waals surface area contributed by atoms with E-state index in [2.05, 4.69) is 172 Å². The second-order valence-corrected chi connectivity index (χ2v) is 21.8. The van der Waals surface area contributed by atoms with E-state index in [0.717, 1.165) is 0 Å². The summed E-state index contributed by atoms with van der Waals surface area (Å²) < 4.78 is 0.555. The summed E-state index contributed by atoms with van der Waals surface area (Å²) in [6.45, 7) is 51.5. The van der Waals surface area contributed by atoms with Crippen molar-refractivity contribution < 1.29 is 0 Å². The van der Waals surface area contributed by atoms with E-state index in [1.165, 1.54) is 6.42 Å². The van der Waals surface area contributed by atoms with Crippen molar-refractivity contribution in [2.45, 2.75) is 189 Å². The molecule has 0 saturated carbocycles. The van der Waals surface area contributed by atoms with Crippen LogP contribution in [0.3, 0.4) is 0 Å². The molecule has 3 unspecified atom stereocenters. The molecule has 3 atom stereocenters. The Morgan fingerprint density at radius 2 is 0.723 bits per heavy atom. The molecule has 0 nitrogen and oxygen atoms in total. The number of hydrogen-bond donors (Lipinski definition) is 0. The molecule has 0 aromatic heterocycles. The van der Waals surface area contributed by atoms with Crippen LogP contribution in [0.15, 0.2) is 58.3 Å². The molecular formula is C45H82S2+2. The maximum Gasteiger partial charge on any atom is 0.158 e. The second kappa shape index (κ2) is 16.0. The molecule has 0 N–H and O–H groups in total. The zero-order chi connectivity index (χ0) is 37.8. The molecule has 2 aromatic carbocycles. The molecule has 0 spiro atoms. The minimum Gasteiger partial charge on any atom is -0.0683 e. The summed E-state index contributed by atoms with van der Waals surface area (Å²) >= 11 is 0. The number of fused-ring (bicyclic) bond motifs is 2. The van der Waals surface area contributed by atoms with E-state index in [-0.39, 0.29) is 63.8 Å². The summed E-state index contributed by atoms with van der Waals surface area (Å²) in [6.07, 6.45) is 6.09. The van der Waals surface area contributed by atoms with Gasteiger partial charge < -0.3 is 0 Å². The smallest absolute Gasteiger partial charge is 0.0683 e. The van der Waals surface area contributed by atoms with E-state index < -0.39 is 0 Å². The van der Waals surface area contributed by atoms with E-state index in [0.29, 0.717) is 0 Å². The standard InChI is InChI=1S/C20H33S.C19H31S.3C2H6/c1-10-20(8)15-13-11-12-14-16(15)21(9)19(6,7)17(2,3)18(20,4)5;1-16(2)14-12-10-11-13-15(14)20(9)19(7,8)18(5,6)17(16,3)4;3*1-2/h11-14H,10H2,1-9H3;10-13H,1-9H3;3*1-2H3/q2*+1;;;. The van der Waals surface area contributed by atoms with Crippen LogP contribution in [0.1, 0.15) is 170 Å². The van der Waals surface area contributed by atoms with Crippen molar-refractivity contribution in [2.75, 3.05) is 12.5 Å². The highest BCUT2D eigenvalue weighted by Gasteiger charge is 2.66. The Kier molecular flexibility index (Phi) is 15.7. The van der Waals surface area contributed by atoms with Crippen molar-refractivity contribution in [2.24, 2.45) is 21.7 Å². The molecule has 272 valence electrons. The Morgan fingerprint density at radius 3 is 1.09 bits per heavy atom. The van der Waals surface area contributed by atoms with Gasteiger partial charge in [-0.15, -0.1) is 0 Å². The molecule has 0 fully saturated rings. The summed E-state index contributed by atoms with van der Waals surface area (Å²) in [5, 5.41) is 0. The molecule has 4 rings (SSSR count). The molecule has 2 aliphatic heterocycles. The quantitative estimate of drug-likeness (QED) is 0.262. The number of benzene rings is 2. The van der Waals surface area contributed by atoms with Gasteiger partial charge >= 0.3 is 0 Å².